The highest BCUT2D eigenvalue weighted by atomic mass is 16.1. The van der Waals surface area contributed by atoms with Crippen molar-refractivity contribution >= 4 is 16.8 Å². The van der Waals surface area contributed by atoms with Crippen LogP contribution in [-0.2, 0) is 11.2 Å². The lowest BCUT2D eigenvalue weighted by atomic mass is 9.96. The predicted molar refractivity (Wildman–Crippen MR) is 84.8 cm³/mol. The summed E-state index contributed by atoms with van der Waals surface area (Å²) in [6, 6.07) is 16.2. The molecule has 0 saturated heterocycles. The number of primary amides is 1. The van der Waals surface area contributed by atoms with Crippen LogP contribution in [0.2, 0.25) is 0 Å². The predicted octanol–water partition coefficient (Wildman–Crippen LogP) is 3.24. The number of fused-ring (bicyclic) bond motifs is 1. The van der Waals surface area contributed by atoms with Gasteiger partial charge in [-0.05, 0) is 41.3 Å². The van der Waals surface area contributed by atoms with Crippen LogP contribution in [0.4, 0.5) is 0 Å². The van der Waals surface area contributed by atoms with Crippen molar-refractivity contribution in [3.63, 3.8) is 0 Å². The Morgan fingerprint density at radius 3 is 2.67 bits per heavy atom. The van der Waals surface area contributed by atoms with Gasteiger partial charge < -0.3 is 5.73 Å². The maximum absolute atomic E-state index is 11.0. The fourth-order valence-corrected chi connectivity index (χ4v) is 2.61. The van der Waals surface area contributed by atoms with E-state index in [9.17, 15) is 4.79 Å². The van der Waals surface area contributed by atoms with E-state index in [1.54, 1.807) is 6.20 Å². The second kappa shape index (κ2) is 5.37. The monoisotopic (exact) mass is 276 g/mol. The molecular formula is C18H16N2O. The minimum atomic E-state index is -0.329. The first kappa shape index (κ1) is 13.3. The fraction of sp³-hybridized carbons (Fsp3) is 0.111. The number of hydrogen-bond donors (Lipinski definition) is 1. The van der Waals surface area contributed by atoms with Gasteiger partial charge in [-0.3, -0.25) is 9.78 Å². The first-order valence-corrected chi connectivity index (χ1v) is 6.87. The van der Waals surface area contributed by atoms with E-state index in [4.69, 9.17) is 5.73 Å². The molecule has 1 amide bonds. The van der Waals surface area contributed by atoms with Crippen molar-refractivity contribution in [3.05, 3.63) is 65.9 Å². The van der Waals surface area contributed by atoms with Crippen molar-refractivity contribution < 1.29 is 4.79 Å². The largest absolute Gasteiger partial charge is 0.369 e. The van der Waals surface area contributed by atoms with Crippen LogP contribution < -0.4 is 5.73 Å². The minimum Gasteiger partial charge on any atom is -0.369 e. The number of rotatable bonds is 3. The van der Waals surface area contributed by atoms with Crippen LogP contribution in [0.1, 0.15) is 11.1 Å². The SMILES string of the molecule is Cc1ccccc1-c1ccnc2cc(CC(N)=O)ccc12. The summed E-state index contributed by atoms with van der Waals surface area (Å²) in [4.78, 5) is 15.5. The van der Waals surface area contributed by atoms with Crippen LogP contribution in [0, 0.1) is 6.92 Å². The third kappa shape index (κ3) is 2.63. The summed E-state index contributed by atoms with van der Waals surface area (Å²) in [6.07, 6.45) is 2.05. The summed E-state index contributed by atoms with van der Waals surface area (Å²) < 4.78 is 0. The number of aromatic nitrogens is 1. The number of hydrogen-bond acceptors (Lipinski definition) is 2. The Morgan fingerprint density at radius 1 is 1.10 bits per heavy atom. The number of pyridine rings is 1. The van der Waals surface area contributed by atoms with Gasteiger partial charge in [0.1, 0.15) is 0 Å². The molecule has 3 nitrogen and oxygen atoms in total. The molecule has 0 radical (unpaired) electrons. The molecule has 1 heterocycles. The van der Waals surface area contributed by atoms with Crippen molar-refractivity contribution in [3.8, 4) is 11.1 Å². The Bertz CT molecular complexity index is 824. The number of amides is 1. The summed E-state index contributed by atoms with van der Waals surface area (Å²) in [6.45, 7) is 2.10. The number of benzene rings is 2. The lowest BCUT2D eigenvalue weighted by Crippen LogP contribution is -2.13. The molecule has 0 aliphatic rings. The third-order valence-corrected chi connectivity index (χ3v) is 3.62. The molecule has 0 saturated carbocycles. The molecule has 3 aromatic rings. The summed E-state index contributed by atoms with van der Waals surface area (Å²) in [5.41, 5.74) is 10.6. The lowest BCUT2D eigenvalue weighted by Gasteiger charge is -2.10. The van der Waals surface area contributed by atoms with E-state index in [2.05, 4.69) is 24.0 Å². The fourth-order valence-electron chi connectivity index (χ4n) is 2.61. The lowest BCUT2D eigenvalue weighted by molar-refractivity contribution is -0.117. The normalized spacial score (nSPS) is 10.7. The highest BCUT2D eigenvalue weighted by Gasteiger charge is 2.08. The van der Waals surface area contributed by atoms with Crippen molar-refractivity contribution in [2.24, 2.45) is 5.73 Å². The van der Waals surface area contributed by atoms with Crippen LogP contribution in [0.3, 0.4) is 0 Å². The molecule has 21 heavy (non-hydrogen) atoms. The van der Waals surface area contributed by atoms with Gasteiger partial charge in [0, 0.05) is 11.6 Å². The van der Waals surface area contributed by atoms with Crippen LogP contribution in [-0.4, -0.2) is 10.9 Å². The smallest absolute Gasteiger partial charge is 0.221 e. The van der Waals surface area contributed by atoms with Crippen LogP contribution >= 0.6 is 0 Å². The van der Waals surface area contributed by atoms with Gasteiger partial charge in [-0.1, -0.05) is 36.4 Å². The van der Waals surface area contributed by atoms with Crippen LogP contribution in [0.25, 0.3) is 22.0 Å². The van der Waals surface area contributed by atoms with Crippen molar-refractivity contribution in [2.45, 2.75) is 13.3 Å². The van der Waals surface area contributed by atoms with Crippen LogP contribution in [0.5, 0.6) is 0 Å². The Morgan fingerprint density at radius 2 is 1.90 bits per heavy atom. The molecule has 0 spiro atoms. The van der Waals surface area contributed by atoms with E-state index in [-0.39, 0.29) is 12.3 Å². The van der Waals surface area contributed by atoms with E-state index in [0.29, 0.717) is 0 Å². The standard InChI is InChI=1S/C18H16N2O/c1-12-4-2-3-5-14(12)15-8-9-20-17-10-13(11-18(19)21)6-7-16(15)17/h2-10H,11H2,1H3,(H2,19,21). The van der Waals surface area contributed by atoms with Crippen molar-refractivity contribution in [1.29, 1.82) is 0 Å². The van der Waals surface area contributed by atoms with E-state index in [0.717, 1.165) is 22.0 Å². The molecule has 3 rings (SSSR count). The van der Waals surface area contributed by atoms with E-state index >= 15 is 0 Å². The zero-order valence-corrected chi connectivity index (χ0v) is 11.8. The zero-order valence-electron chi connectivity index (χ0n) is 11.8. The minimum absolute atomic E-state index is 0.242. The molecular weight excluding hydrogens is 260 g/mol. The van der Waals surface area contributed by atoms with Gasteiger partial charge in [-0.25, -0.2) is 0 Å². The summed E-state index contributed by atoms with van der Waals surface area (Å²) >= 11 is 0. The third-order valence-electron chi connectivity index (χ3n) is 3.62. The molecule has 0 aliphatic heterocycles. The average molecular weight is 276 g/mol. The van der Waals surface area contributed by atoms with Gasteiger partial charge in [0.25, 0.3) is 0 Å². The Hall–Kier alpha value is -2.68. The zero-order chi connectivity index (χ0) is 14.8. The Balaban J connectivity index is 2.17. The Kier molecular flexibility index (Phi) is 3.40. The number of aryl methyl sites for hydroxylation is 1. The van der Waals surface area contributed by atoms with Gasteiger partial charge in [0.05, 0.1) is 11.9 Å². The Labute approximate surface area is 123 Å². The van der Waals surface area contributed by atoms with Gasteiger partial charge >= 0.3 is 0 Å². The average Bonchev–Trinajstić information content (AvgIpc) is 2.46. The molecule has 0 bridgehead atoms. The topological polar surface area (TPSA) is 56.0 Å². The van der Waals surface area contributed by atoms with Gasteiger partial charge in [-0.15, -0.1) is 0 Å². The van der Waals surface area contributed by atoms with Crippen LogP contribution in [0.15, 0.2) is 54.7 Å². The number of nitrogens with two attached hydrogens (primary N) is 1. The molecule has 2 aromatic carbocycles. The van der Waals surface area contributed by atoms with E-state index < -0.39 is 0 Å². The number of nitrogens with zero attached hydrogens (tertiary/aromatic N) is 1. The first-order valence-electron chi connectivity index (χ1n) is 6.87. The molecule has 0 fully saturated rings. The van der Waals surface area contributed by atoms with E-state index in [1.807, 2.05) is 36.4 Å². The quantitative estimate of drug-likeness (QED) is 0.798. The maximum atomic E-state index is 11.0. The summed E-state index contributed by atoms with van der Waals surface area (Å²) in [5, 5.41) is 1.08. The molecule has 1 aromatic heterocycles. The number of carbonyl (C=O) groups excluding carboxylic acids is 1. The number of carbonyl (C=O) groups is 1. The summed E-state index contributed by atoms with van der Waals surface area (Å²) in [5.74, 6) is -0.329. The second-order valence-electron chi connectivity index (χ2n) is 5.17. The molecule has 0 atom stereocenters. The van der Waals surface area contributed by atoms with E-state index in [1.165, 1.54) is 11.1 Å². The van der Waals surface area contributed by atoms with Gasteiger partial charge in [0.15, 0.2) is 0 Å². The summed E-state index contributed by atoms with van der Waals surface area (Å²) in [7, 11) is 0. The second-order valence-corrected chi connectivity index (χ2v) is 5.17. The highest BCUT2D eigenvalue weighted by molar-refractivity contribution is 5.95. The molecule has 104 valence electrons. The highest BCUT2D eigenvalue weighted by Crippen LogP contribution is 2.30. The molecule has 2 N–H and O–H groups in total. The van der Waals surface area contributed by atoms with Crippen molar-refractivity contribution in [2.75, 3.05) is 0 Å². The first-order chi connectivity index (χ1) is 10.1. The molecule has 3 heteroatoms. The molecule has 0 unspecified atom stereocenters. The van der Waals surface area contributed by atoms with Crippen molar-refractivity contribution in [1.82, 2.24) is 4.98 Å². The van der Waals surface area contributed by atoms with Gasteiger partial charge in [0.2, 0.25) is 5.91 Å². The maximum Gasteiger partial charge on any atom is 0.221 e. The van der Waals surface area contributed by atoms with Gasteiger partial charge in [-0.2, -0.15) is 0 Å². The molecule has 0 aliphatic carbocycles.